The van der Waals surface area contributed by atoms with Gasteiger partial charge in [0.05, 0.1) is 4.88 Å². The molecule has 1 aromatic heterocycles. The molecule has 0 fully saturated rings. The van der Waals surface area contributed by atoms with Crippen LogP contribution in [0.4, 0.5) is 0 Å². The lowest BCUT2D eigenvalue weighted by atomic mass is 9.94. The summed E-state index contributed by atoms with van der Waals surface area (Å²) < 4.78 is 5.93. The maximum atomic E-state index is 12.1. The largest absolute Gasteiger partial charge is 0.485 e. The van der Waals surface area contributed by atoms with Crippen LogP contribution in [0.3, 0.4) is 0 Å². The van der Waals surface area contributed by atoms with Gasteiger partial charge in [-0.1, -0.05) is 52.0 Å². The molecule has 0 aliphatic rings. The Hall–Kier alpha value is -1.61. The highest BCUT2D eigenvalue weighted by Gasteiger charge is 2.16. The lowest BCUT2D eigenvalue weighted by Gasteiger charge is -2.19. The number of ketones is 1. The van der Waals surface area contributed by atoms with Crippen LogP contribution >= 0.6 is 11.3 Å². The van der Waals surface area contributed by atoms with Crippen molar-refractivity contribution >= 4 is 17.1 Å². The van der Waals surface area contributed by atoms with Gasteiger partial charge in [0.2, 0.25) is 5.78 Å². The van der Waals surface area contributed by atoms with Gasteiger partial charge >= 0.3 is 0 Å². The van der Waals surface area contributed by atoms with Crippen LogP contribution < -0.4 is 4.74 Å². The van der Waals surface area contributed by atoms with E-state index in [4.69, 9.17) is 4.74 Å². The zero-order chi connectivity index (χ0) is 15.4. The number of carbonyl (C=O) groups excluding carboxylic acids is 1. The molecule has 1 aromatic carbocycles. The lowest BCUT2D eigenvalue weighted by molar-refractivity contribution is 0.0924. The number of para-hydroxylation sites is 1. The summed E-state index contributed by atoms with van der Waals surface area (Å²) in [7, 11) is 0. The molecule has 0 aliphatic heterocycles. The molecule has 0 radical (unpaired) electrons. The normalized spacial score (nSPS) is 11.1. The number of hydrogen-bond donors (Lipinski definition) is 0. The molecule has 0 N–H and O–H groups in total. The van der Waals surface area contributed by atoms with Crippen LogP contribution in [0.25, 0.3) is 0 Å². The molecule has 1 heterocycles. The van der Waals surface area contributed by atoms with E-state index in [1.807, 2.05) is 17.5 Å². The van der Waals surface area contributed by atoms with E-state index < -0.39 is 0 Å². The van der Waals surface area contributed by atoms with Gasteiger partial charge in [0.1, 0.15) is 5.75 Å². The number of rotatable bonds is 6. The van der Waals surface area contributed by atoms with E-state index in [-0.39, 0.29) is 12.4 Å². The quantitative estimate of drug-likeness (QED) is 0.681. The molecule has 2 rings (SSSR count). The monoisotopic (exact) mass is 302 g/mol. The minimum absolute atomic E-state index is 0.0401. The van der Waals surface area contributed by atoms with E-state index in [2.05, 4.69) is 45.9 Å². The maximum Gasteiger partial charge on any atom is 0.210 e. The summed E-state index contributed by atoms with van der Waals surface area (Å²) in [6.45, 7) is 8.69. The first-order valence-corrected chi connectivity index (χ1v) is 8.21. The van der Waals surface area contributed by atoms with E-state index in [1.54, 1.807) is 0 Å². The lowest BCUT2D eigenvalue weighted by Crippen LogP contribution is -2.13. The first kappa shape index (κ1) is 15.8. The van der Waals surface area contributed by atoms with E-state index in [1.165, 1.54) is 22.5 Å². The second-order valence-electron chi connectivity index (χ2n) is 5.76. The third-order valence-electron chi connectivity index (χ3n) is 3.46. The SMILES string of the molecule is CC(C)c1cccc(C(C)C)c1OCC(=O)c1cccs1. The molecule has 0 unspecified atom stereocenters. The first-order chi connectivity index (χ1) is 10.0. The van der Waals surface area contributed by atoms with Crippen LogP contribution in [0.2, 0.25) is 0 Å². The molecule has 0 saturated heterocycles. The van der Waals surface area contributed by atoms with E-state index in [0.717, 1.165) is 10.6 Å². The Balaban J connectivity index is 2.23. The van der Waals surface area contributed by atoms with Crippen molar-refractivity contribution in [1.82, 2.24) is 0 Å². The molecule has 0 bridgehead atoms. The minimum atomic E-state index is 0.0401. The first-order valence-electron chi connectivity index (χ1n) is 7.33. The molecular formula is C18H22O2S. The predicted molar refractivity (Wildman–Crippen MR) is 88.8 cm³/mol. The molecule has 2 nitrogen and oxygen atoms in total. The highest BCUT2D eigenvalue weighted by Crippen LogP contribution is 2.34. The second-order valence-corrected chi connectivity index (χ2v) is 6.71. The van der Waals surface area contributed by atoms with Crippen molar-refractivity contribution < 1.29 is 9.53 Å². The van der Waals surface area contributed by atoms with Crippen LogP contribution in [0.5, 0.6) is 5.75 Å². The fourth-order valence-electron chi connectivity index (χ4n) is 2.30. The van der Waals surface area contributed by atoms with Gasteiger partial charge in [-0.3, -0.25) is 4.79 Å². The van der Waals surface area contributed by atoms with Gasteiger partial charge in [-0.05, 0) is 34.4 Å². The van der Waals surface area contributed by atoms with Crippen molar-refractivity contribution in [3.63, 3.8) is 0 Å². The van der Waals surface area contributed by atoms with E-state index in [9.17, 15) is 4.79 Å². The number of ether oxygens (including phenoxy) is 1. The minimum Gasteiger partial charge on any atom is -0.485 e. The van der Waals surface area contributed by atoms with Crippen molar-refractivity contribution in [3.05, 3.63) is 51.7 Å². The number of hydrogen-bond acceptors (Lipinski definition) is 3. The topological polar surface area (TPSA) is 26.3 Å². The van der Waals surface area contributed by atoms with Crippen LogP contribution in [-0.4, -0.2) is 12.4 Å². The second kappa shape index (κ2) is 6.90. The fourth-order valence-corrected chi connectivity index (χ4v) is 2.95. The van der Waals surface area contributed by atoms with Gasteiger partial charge in [-0.2, -0.15) is 0 Å². The van der Waals surface area contributed by atoms with Gasteiger partial charge in [0.25, 0.3) is 0 Å². The van der Waals surface area contributed by atoms with Crippen LogP contribution in [0.15, 0.2) is 35.7 Å². The molecule has 21 heavy (non-hydrogen) atoms. The molecular weight excluding hydrogens is 280 g/mol. The number of benzene rings is 1. The third-order valence-corrected chi connectivity index (χ3v) is 4.37. The summed E-state index contributed by atoms with van der Waals surface area (Å²) in [6.07, 6.45) is 0. The molecule has 3 heteroatoms. The Morgan fingerprint density at radius 2 is 1.67 bits per heavy atom. The third kappa shape index (κ3) is 3.73. The highest BCUT2D eigenvalue weighted by atomic mass is 32.1. The van der Waals surface area contributed by atoms with Crippen molar-refractivity contribution in [2.24, 2.45) is 0 Å². The van der Waals surface area contributed by atoms with Crippen molar-refractivity contribution in [2.45, 2.75) is 39.5 Å². The van der Waals surface area contributed by atoms with Gasteiger partial charge in [-0.15, -0.1) is 11.3 Å². The highest BCUT2D eigenvalue weighted by molar-refractivity contribution is 7.12. The molecule has 112 valence electrons. The number of thiophene rings is 1. The zero-order valence-corrected chi connectivity index (χ0v) is 13.9. The molecule has 0 spiro atoms. The Labute approximate surface area is 130 Å². The number of Topliss-reactive ketones (excluding diaryl/α,β-unsaturated/α-hetero) is 1. The summed E-state index contributed by atoms with van der Waals surface area (Å²) in [6, 6.07) is 9.97. The summed E-state index contributed by atoms with van der Waals surface area (Å²) in [5, 5.41) is 1.91. The van der Waals surface area contributed by atoms with Crippen molar-refractivity contribution in [1.29, 1.82) is 0 Å². The van der Waals surface area contributed by atoms with E-state index >= 15 is 0 Å². The van der Waals surface area contributed by atoms with Gasteiger partial charge < -0.3 is 4.74 Å². The zero-order valence-electron chi connectivity index (χ0n) is 13.1. The smallest absolute Gasteiger partial charge is 0.210 e. The summed E-state index contributed by atoms with van der Waals surface area (Å²) in [4.78, 5) is 12.9. The Morgan fingerprint density at radius 3 is 2.14 bits per heavy atom. The summed E-state index contributed by atoms with van der Waals surface area (Å²) in [5.74, 6) is 1.66. The van der Waals surface area contributed by atoms with Crippen molar-refractivity contribution in [3.8, 4) is 5.75 Å². The number of carbonyl (C=O) groups is 1. The van der Waals surface area contributed by atoms with E-state index in [0.29, 0.717) is 11.8 Å². The Bertz CT molecular complexity index is 571. The fraction of sp³-hybridized carbons (Fsp3) is 0.389. The van der Waals surface area contributed by atoms with Gasteiger partial charge in [0, 0.05) is 0 Å². The summed E-state index contributed by atoms with van der Waals surface area (Å²) in [5.41, 5.74) is 2.33. The van der Waals surface area contributed by atoms with Crippen molar-refractivity contribution in [2.75, 3.05) is 6.61 Å². The Morgan fingerprint density at radius 1 is 1.05 bits per heavy atom. The molecule has 0 aliphatic carbocycles. The Kier molecular flexibility index (Phi) is 5.18. The van der Waals surface area contributed by atoms with Crippen LogP contribution in [0, 0.1) is 0 Å². The maximum absolute atomic E-state index is 12.1. The van der Waals surface area contributed by atoms with Gasteiger partial charge in [-0.25, -0.2) is 0 Å². The van der Waals surface area contributed by atoms with Crippen LogP contribution in [0.1, 0.15) is 60.3 Å². The average molecular weight is 302 g/mol. The van der Waals surface area contributed by atoms with Gasteiger partial charge in [0.15, 0.2) is 6.61 Å². The standard InChI is InChI=1S/C18H22O2S/c1-12(2)14-7-5-8-15(13(3)4)18(14)20-11-16(19)17-9-6-10-21-17/h5-10,12-13H,11H2,1-4H3. The average Bonchev–Trinajstić information content (AvgIpc) is 2.98. The molecule has 2 aromatic rings. The molecule has 0 amide bonds. The van der Waals surface area contributed by atoms with Crippen LogP contribution in [-0.2, 0) is 0 Å². The summed E-state index contributed by atoms with van der Waals surface area (Å²) >= 11 is 1.46. The molecule has 0 saturated carbocycles. The predicted octanol–water partition coefficient (Wildman–Crippen LogP) is 5.26. The molecule has 0 atom stereocenters.